The number of hydrogen-bond donors (Lipinski definition) is 2. The first kappa shape index (κ1) is 25.3. The molecule has 9 heteroatoms. The highest BCUT2D eigenvalue weighted by atomic mass is 16.5. The maximum Gasteiger partial charge on any atom is 0.227 e. The molecule has 2 aliphatic rings. The zero-order chi connectivity index (χ0) is 26.6. The van der Waals surface area contributed by atoms with E-state index in [4.69, 9.17) is 19.8 Å². The lowest BCUT2D eigenvalue weighted by molar-refractivity contribution is -0.125. The molecule has 1 amide bonds. The molecule has 2 fully saturated rings. The minimum atomic E-state index is -0.0156. The Labute approximate surface area is 228 Å². The quantitative estimate of drug-likeness (QED) is 0.346. The molecule has 0 bridgehead atoms. The highest BCUT2D eigenvalue weighted by molar-refractivity contribution is 5.91. The van der Waals surface area contributed by atoms with Crippen LogP contribution < -0.4 is 15.5 Å². The Hall–Kier alpha value is -3.98. The average Bonchev–Trinajstić information content (AvgIpc) is 3.36. The van der Waals surface area contributed by atoms with E-state index in [0.717, 1.165) is 85.6 Å². The van der Waals surface area contributed by atoms with Crippen molar-refractivity contribution in [3.63, 3.8) is 0 Å². The molecule has 0 spiro atoms. The normalized spacial score (nSPS) is 18.3. The minimum absolute atomic E-state index is 0.00281. The molecule has 0 saturated carbocycles. The van der Waals surface area contributed by atoms with Crippen LogP contribution in [-0.2, 0) is 16.1 Å². The minimum Gasteiger partial charge on any atom is -0.357 e. The van der Waals surface area contributed by atoms with Crippen LogP contribution >= 0.6 is 0 Å². The largest absolute Gasteiger partial charge is 0.357 e. The number of carbonyl (C=O) groups is 1. The van der Waals surface area contributed by atoms with Crippen LogP contribution in [-0.4, -0.2) is 45.4 Å². The molecule has 1 atom stereocenters. The molecule has 9 nitrogen and oxygen atoms in total. The molecular formula is C30H35N7O2. The first-order valence-electron chi connectivity index (χ1n) is 13.9. The van der Waals surface area contributed by atoms with Gasteiger partial charge in [0.25, 0.3) is 0 Å². The van der Waals surface area contributed by atoms with Crippen LogP contribution in [0.2, 0.25) is 0 Å². The summed E-state index contributed by atoms with van der Waals surface area (Å²) in [6.45, 7) is 4.85. The van der Waals surface area contributed by atoms with Crippen LogP contribution in [0, 0.1) is 12.8 Å². The summed E-state index contributed by atoms with van der Waals surface area (Å²) in [4.78, 5) is 24.8. The summed E-state index contributed by atoms with van der Waals surface area (Å²) in [5.41, 5.74) is 3.04. The molecule has 4 heterocycles. The van der Waals surface area contributed by atoms with E-state index in [2.05, 4.69) is 22.5 Å². The van der Waals surface area contributed by atoms with Gasteiger partial charge in [-0.25, -0.2) is 9.67 Å². The Balaban J connectivity index is 1.15. The molecule has 2 aromatic heterocycles. The smallest absolute Gasteiger partial charge is 0.227 e. The molecule has 0 radical (unpaired) electrons. The van der Waals surface area contributed by atoms with Crippen LogP contribution in [0.3, 0.4) is 0 Å². The SMILES string of the molecule is Cc1cc(Nc2nc(N3CCC(C(=O)NCc4ccccc4)CC3)nc3ccccc23)nn1C1CCCCO1. The monoisotopic (exact) mass is 525 g/mol. The van der Waals surface area contributed by atoms with Crippen molar-refractivity contribution in [2.45, 2.75) is 51.8 Å². The third kappa shape index (κ3) is 5.73. The van der Waals surface area contributed by atoms with E-state index in [1.54, 1.807) is 0 Å². The molecule has 6 rings (SSSR count). The zero-order valence-corrected chi connectivity index (χ0v) is 22.3. The van der Waals surface area contributed by atoms with E-state index in [1.165, 1.54) is 0 Å². The first-order chi connectivity index (χ1) is 19.1. The van der Waals surface area contributed by atoms with E-state index < -0.39 is 0 Å². The summed E-state index contributed by atoms with van der Waals surface area (Å²) in [5, 5.41) is 12.3. The summed E-state index contributed by atoms with van der Waals surface area (Å²) in [6, 6.07) is 20.1. The summed E-state index contributed by atoms with van der Waals surface area (Å²) in [7, 11) is 0. The number of anilines is 3. The highest BCUT2D eigenvalue weighted by Crippen LogP contribution is 2.30. The molecule has 4 aromatic rings. The van der Waals surface area contributed by atoms with E-state index in [1.807, 2.05) is 65.3 Å². The zero-order valence-electron chi connectivity index (χ0n) is 22.3. The van der Waals surface area contributed by atoms with Gasteiger partial charge >= 0.3 is 0 Å². The van der Waals surface area contributed by atoms with Gasteiger partial charge in [-0.05, 0) is 56.7 Å². The van der Waals surface area contributed by atoms with E-state index in [-0.39, 0.29) is 18.1 Å². The number of aromatic nitrogens is 4. The van der Waals surface area contributed by atoms with Crippen molar-refractivity contribution < 1.29 is 9.53 Å². The van der Waals surface area contributed by atoms with Crippen molar-refractivity contribution in [1.29, 1.82) is 0 Å². The van der Waals surface area contributed by atoms with Gasteiger partial charge in [0.2, 0.25) is 11.9 Å². The second-order valence-corrected chi connectivity index (χ2v) is 10.4. The number of aryl methyl sites for hydroxylation is 1. The average molecular weight is 526 g/mol. The van der Waals surface area contributed by atoms with Crippen LogP contribution in [0.25, 0.3) is 10.9 Å². The van der Waals surface area contributed by atoms with Gasteiger partial charge in [0.05, 0.1) is 5.52 Å². The molecular weight excluding hydrogens is 490 g/mol. The number of amides is 1. The van der Waals surface area contributed by atoms with Crippen molar-refractivity contribution in [1.82, 2.24) is 25.1 Å². The number of para-hydroxylation sites is 1. The molecule has 0 aliphatic carbocycles. The summed E-state index contributed by atoms with van der Waals surface area (Å²) in [6.07, 6.45) is 4.75. The number of piperidine rings is 1. The van der Waals surface area contributed by atoms with E-state index >= 15 is 0 Å². The van der Waals surface area contributed by atoms with Crippen LogP contribution in [0.1, 0.15) is 49.6 Å². The second kappa shape index (κ2) is 11.4. The second-order valence-electron chi connectivity index (χ2n) is 10.4. The third-order valence-electron chi connectivity index (χ3n) is 7.65. The van der Waals surface area contributed by atoms with Gasteiger partial charge in [0, 0.05) is 49.3 Å². The Kier molecular flexibility index (Phi) is 7.40. The molecule has 2 N–H and O–H groups in total. The lowest BCUT2D eigenvalue weighted by Crippen LogP contribution is -2.41. The Morgan fingerprint density at radius 2 is 1.79 bits per heavy atom. The topological polar surface area (TPSA) is 97.2 Å². The lowest BCUT2D eigenvalue weighted by atomic mass is 9.96. The van der Waals surface area contributed by atoms with Gasteiger partial charge in [0.15, 0.2) is 12.0 Å². The van der Waals surface area contributed by atoms with Crippen LogP contribution in [0.15, 0.2) is 60.7 Å². The van der Waals surface area contributed by atoms with Crippen molar-refractivity contribution in [3.05, 3.63) is 71.9 Å². The molecule has 202 valence electrons. The number of rotatable bonds is 7. The van der Waals surface area contributed by atoms with Crippen LogP contribution in [0.5, 0.6) is 0 Å². The van der Waals surface area contributed by atoms with E-state index in [9.17, 15) is 4.79 Å². The summed E-state index contributed by atoms with van der Waals surface area (Å²) in [5.74, 6) is 2.26. The van der Waals surface area contributed by atoms with Crippen LogP contribution in [0.4, 0.5) is 17.6 Å². The standard InChI is InChI=1S/C30H35N7O2/c1-21-19-26(35-37(21)27-13-7-8-18-39-27)33-28-24-11-5-6-12-25(24)32-30(34-28)36-16-14-23(15-17-36)29(38)31-20-22-9-3-2-4-10-22/h2-6,9-12,19,23,27H,7-8,13-18,20H2,1H3,(H,31,38)(H,32,33,34,35). The summed E-state index contributed by atoms with van der Waals surface area (Å²) >= 11 is 0. The lowest BCUT2D eigenvalue weighted by Gasteiger charge is -2.31. The number of ether oxygens (including phenoxy) is 1. The van der Waals surface area contributed by atoms with Crippen molar-refractivity contribution >= 4 is 34.4 Å². The predicted molar refractivity (Wildman–Crippen MR) is 152 cm³/mol. The van der Waals surface area contributed by atoms with Gasteiger partial charge < -0.3 is 20.3 Å². The molecule has 2 saturated heterocycles. The fourth-order valence-electron chi connectivity index (χ4n) is 5.45. The van der Waals surface area contributed by atoms with Crippen molar-refractivity contribution in [2.75, 3.05) is 29.9 Å². The van der Waals surface area contributed by atoms with Gasteiger partial charge in [-0.15, -0.1) is 0 Å². The van der Waals surface area contributed by atoms with E-state index in [0.29, 0.717) is 12.5 Å². The molecule has 2 aliphatic heterocycles. The molecule has 2 aromatic carbocycles. The van der Waals surface area contributed by atoms with Crippen molar-refractivity contribution in [2.24, 2.45) is 5.92 Å². The number of hydrogen-bond acceptors (Lipinski definition) is 7. The maximum atomic E-state index is 12.8. The number of fused-ring (bicyclic) bond motifs is 1. The number of nitrogens with zero attached hydrogens (tertiary/aromatic N) is 5. The first-order valence-corrected chi connectivity index (χ1v) is 13.9. The number of carbonyl (C=O) groups excluding carboxylic acids is 1. The Morgan fingerprint density at radius 3 is 2.59 bits per heavy atom. The van der Waals surface area contributed by atoms with Crippen molar-refractivity contribution in [3.8, 4) is 0 Å². The van der Waals surface area contributed by atoms with Gasteiger partial charge in [0.1, 0.15) is 5.82 Å². The van der Waals surface area contributed by atoms with Gasteiger partial charge in [-0.3, -0.25) is 4.79 Å². The Bertz CT molecular complexity index is 1420. The highest BCUT2D eigenvalue weighted by Gasteiger charge is 2.27. The maximum absolute atomic E-state index is 12.8. The number of benzene rings is 2. The predicted octanol–water partition coefficient (Wildman–Crippen LogP) is 5.11. The fourth-order valence-corrected chi connectivity index (χ4v) is 5.45. The van der Waals surface area contributed by atoms with Gasteiger partial charge in [-0.1, -0.05) is 42.5 Å². The fraction of sp³-hybridized carbons (Fsp3) is 0.400. The van der Waals surface area contributed by atoms with Gasteiger partial charge in [-0.2, -0.15) is 10.1 Å². The summed E-state index contributed by atoms with van der Waals surface area (Å²) < 4.78 is 7.92. The number of nitrogens with one attached hydrogen (secondary N) is 2. The molecule has 1 unspecified atom stereocenters. The Morgan fingerprint density at radius 1 is 1.00 bits per heavy atom. The third-order valence-corrected chi connectivity index (χ3v) is 7.65. The molecule has 39 heavy (non-hydrogen) atoms.